The van der Waals surface area contributed by atoms with E-state index in [1.165, 1.54) is 5.56 Å². The molecule has 256 valence electrons. The molecule has 2 aromatic heterocycles. The second-order valence-corrected chi connectivity index (χ2v) is 15.0. The van der Waals surface area contributed by atoms with E-state index < -0.39 is 17.7 Å². The number of carboxylic acids is 1. The Kier molecular flexibility index (Phi) is 9.60. The smallest absolute Gasteiger partial charge is 0.337 e. The normalized spacial score (nSPS) is 21.4. The first-order chi connectivity index (χ1) is 22.8. The Morgan fingerprint density at radius 3 is 2.52 bits per heavy atom. The van der Waals surface area contributed by atoms with E-state index in [2.05, 4.69) is 74.2 Å². The van der Waals surface area contributed by atoms with Crippen LogP contribution < -0.4 is 9.64 Å². The summed E-state index contributed by atoms with van der Waals surface area (Å²) in [5, 5.41) is 15.6. The second-order valence-electron chi connectivity index (χ2n) is 15.0. The third-order valence-corrected chi connectivity index (χ3v) is 9.71. The van der Waals surface area contributed by atoms with E-state index in [1.807, 2.05) is 38.4 Å². The molecule has 8 heteroatoms. The number of carboxylic acid groups (broad SMARTS) is 1. The van der Waals surface area contributed by atoms with Crippen LogP contribution in [0.3, 0.4) is 0 Å². The molecule has 0 spiro atoms. The topological polar surface area (TPSA) is 85.5 Å². The van der Waals surface area contributed by atoms with Crippen molar-refractivity contribution in [2.75, 3.05) is 24.6 Å². The monoisotopic (exact) mass is 653 g/mol. The number of fused-ring (bicyclic) bond motifs is 9. The number of benzene rings is 2. The minimum atomic E-state index is -1.13. The summed E-state index contributed by atoms with van der Waals surface area (Å²) in [6, 6.07) is 16.9. The number of aliphatic carboxylic acids is 1. The van der Waals surface area contributed by atoms with Crippen molar-refractivity contribution in [1.82, 2.24) is 9.61 Å². The van der Waals surface area contributed by atoms with Crippen LogP contribution >= 0.6 is 0 Å². The van der Waals surface area contributed by atoms with Gasteiger partial charge < -0.3 is 24.2 Å². The van der Waals surface area contributed by atoms with E-state index in [4.69, 9.17) is 19.3 Å². The number of ether oxygens (including phenoxy) is 3. The second kappa shape index (κ2) is 13.6. The minimum absolute atomic E-state index is 0.0951. The first kappa shape index (κ1) is 34.0. The first-order valence-electron chi connectivity index (χ1n) is 17.5. The van der Waals surface area contributed by atoms with Gasteiger partial charge in [0, 0.05) is 42.6 Å². The Morgan fingerprint density at radius 1 is 1.04 bits per heavy atom. The maximum atomic E-state index is 12.9. The van der Waals surface area contributed by atoms with Gasteiger partial charge in [-0.05, 0) is 116 Å². The third kappa shape index (κ3) is 7.40. The molecule has 1 fully saturated rings. The Balaban J connectivity index is 1.52. The lowest BCUT2D eigenvalue weighted by molar-refractivity contribution is -0.160. The van der Waals surface area contributed by atoms with Crippen LogP contribution in [0.4, 0.5) is 5.69 Å². The van der Waals surface area contributed by atoms with Gasteiger partial charge in [0.25, 0.3) is 0 Å². The lowest BCUT2D eigenvalue weighted by Crippen LogP contribution is -2.45. The molecule has 2 aromatic carbocycles. The van der Waals surface area contributed by atoms with Gasteiger partial charge in [-0.1, -0.05) is 36.2 Å². The van der Waals surface area contributed by atoms with Crippen molar-refractivity contribution in [3.05, 3.63) is 71.4 Å². The van der Waals surface area contributed by atoms with Crippen LogP contribution in [0.5, 0.6) is 5.75 Å². The van der Waals surface area contributed by atoms with Crippen LogP contribution in [0.25, 0.3) is 27.9 Å². The van der Waals surface area contributed by atoms with Crippen LogP contribution in [0.2, 0.25) is 0 Å². The summed E-state index contributed by atoms with van der Waals surface area (Å²) in [5.74, 6) is -0.119. The van der Waals surface area contributed by atoms with Crippen LogP contribution in [0.15, 0.2) is 54.7 Å². The number of nitrogens with zero attached hydrogens (tertiary/aromatic N) is 3. The van der Waals surface area contributed by atoms with Crippen LogP contribution in [0, 0.1) is 13.8 Å². The number of pyridine rings is 1. The van der Waals surface area contributed by atoms with Gasteiger partial charge in [0.15, 0.2) is 6.10 Å². The molecule has 48 heavy (non-hydrogen) atoms. The molecule has 0 unspecified atom stereocenters. The molecule has 0 amide bonds. The molecule has 6 bridgehead atoms. The lowest BCUT2D eigenvalue weighted by atomic mass is 9.91. The van der Waals surface area contributed by atoms with Gasteiger partial charge in [-0.15, -0.1) is 0 Å². The lowest BCUT2D eigenvalue weighted by Gasteiger charge is -2.42. The quantitative estimate of drug-likeness (QED) is 0.236. The fourth-order valence-corrected chi connectivity index (χ4v) is 7.11. The number of piperidine rings is 1. The molecule has 0 saturated carbocycles. The van der Waals surface area contributed by atoms with Gasteiger partial charge in [0.05, 0.1) is 34.2 Å². The van der Waals surface area contributed by atoms with Crippen molar-refractivity contribution in [2.45, 2.75) is 110 Å². The van der Waals surface area contributed by atoms with E-state index in [0.29, 0.717) is 5.56 Å². The van der Waals surface area contributed by atoms with Crippen molar-refractivity contribution in [3.63, 3.8) is 0 Å². The van der Waals surface area contributed by atoms with E-state index in [9.17, 15) is 9.90 Å². The number of hydrogen-bond acceptors (Lipinski definition) is 6. The highest BCUT2D eigenvalue weighted by atomic mass is 16.5. The highest BCUT2D eigenvalue weighted by Crippen LogP contribution is 2.42. The number of hydrogen-bond donors (Lipinski definition) is 1. The fourth-order valence-electron chi connectivity index (χ4n) is 7.11. The highest BCUT2D eigenvalue weighted by molar-refractivity contribution is 5.87. The van der Waals surface area contributed by atoms with E-state index in [-0.39, 0.29) is 11.7 Å². The molecular weight excluding hydrogens is 602 g/mol. The summed E-state index contributed by atoms with van der Waals surface area (Å²) >= 11 is 0. The standard InChI is InChI=1S/C40H51N3O5/c1-26-15-16-34-31(22-26)29-13-11-14-30(23-29)32-24-33-36(35(27(2)25-43(33)41-32)37(38(44)45)48-39(4,5)6)42-19-17-40(7,18-20-42)46-21-10-8-9-12-28(3)47-34/h11,13-16,22-25,28,37H,8-10,12,17-21H2,1-7H3,(H,44,45)/t28-,37-/m0/s1. The number of rotatable bonds is 3. The Bertz CT molecular complexity index is 1780. The predicted molar refractivity (Wildman–Crippen MR) is 191 cm³/mol. The highest BCUT2D eigenvalue weighted by Gasteiger charge is 2.37. The summed E-state index contributed by atoms with van der Waals surface area (Å²) in [6.07, 6.45) is 6.77. The van der Waals surface area contributed by atoms with Crippen LogP contribution in [0.1, 0.15) is 95.9 Å². The number of anilines is 1. The van der Waals surface area contributed by atoms with Gasteiger partial charge in [-0.3, -0.25) is 0 Å². The molecule has 4 aromatic rings. The largest absolute Gasteiger partial charge is 0.490 e. The summed E-state index contributed by atoms with van der Waals surface area (Å²) in [4.78, 5) is 15.2. The number of aromatic nitrogens is 2. The molecule has 8 nitrogen and oxygen atoms in total. The van der Waals surface area contributed by atoms with Gasteiger partial charge in [0.2, 0.25) is 0 Å². The molecule has 5 heterocycles. The minimum Gasteiger partial charge on any atom is -0.490 e. The third-order valence-electron chi connectivity index (χ3n) is 9.71. The Labute approximate surface area is 285 Å². The zero-order valence-corrected chi connectivity index (χ0v) is 29.6. The zero-order valence-electron chi connectivity index (χ0n) is 29.6. The van der Waals surface area contributed by atoms with Crippen LogP contribution in [-0.4, -0.2) is 57.7 Å². The zero-order chi connectivity index (χ0) is 34.2. The molecule has 3 aliphatic heterocycles. The summed E-state index contributed by atoms with van der Waals surface area (Å²) in [5.41, 5.74) is 7.46. The van der Waals surface area contributed by atoms with Gasteiger partial charge in [0.1, 0.15) is 5.75 Å². The number of aryl methyl sites for hydroxylation is 2. The summed E-state index contributed by atoms with van der Waals surface area (Å²) in [7, 11) is 0. The van der Waals surface area contributed by atoms with Crippen molar-refractivity contribution in [2.24, 2.45) is 0 Å². The molecule has 1 saturated heterocycles. The van der Waals surface area contributed by atoms with Crippen molar-refractivity contribution < 1.29 is 24.1 Å². The molecule has 7 rings (SSSR count). The van der Waals surface area contributed by atoms with Gasteiger partial charge in [-0.25, -0.2) is 9.31 Å². The SMILES string of the molecule is Cc1ccc2c(c1)-c1cccc(c1)-c1cc3c(c([C@H](OC(C)(C)C)C(=O)O)c(C)cn3n1)N1CCC(C)(CC1)OCCCCC[C@H](C)O2. The van der Waals surface area contributed by atoms with E-state index in [1.54, 1.807) is 0 Å². The average Bonchev–Trinajstić information content (AvgIpc) is 3.45. The molecule has 0 radical (unpaired) electrons. The molecule has 1 N–H and O–H groups in total. The Hall–Kier alpha value is -3.88. The number of carbonyl (C=O) groups is 1. The van der Waals surface area contributed by atoms with Gasteiger partial charge >= 0.3 is 5.97 Å². The molecule has 3 aliphatic rings. The summed E-state index contributed by atoms with van der Waals surface area (Å²) in [6.45, 7) is 16.4. The van der Waals surface area contributed by atoms with E-state index >= 15 is 0 Å². The van der Waals surface area contributed by atoms with Crippen molar-refractivity contribution >= 4 is 17.2 Å². The van der Waals surface area contributed by atoms with Crippen molar-refractivity contribution in [3.8, 4) is 28.1 Å². The maximum Gasteiger partial charge on any atom is 0.337 e. The molecular formula is C40H51N3O5. The van der Waals surface area contributed by atoms with Crippen molar-refractivity contribution in [1.29, 1.82) is 0 Å². The van der Waals surface area contributed by atoms with E-state index in [0.717, 1.165) is 103 Å². The molecule has 0 aliphatic carbocycles. The van der Waals surface area contributed by atoms with Crippen LogP contribution in [-0.2, 0) is 14.3 Å². The summed E-state index contributed by atoms with van der Waals surface area (Å²) < 4.78 is 21.3. The average molecular weight is 654 g/mol. The first-order valence-corrected chi connectivity index (χ1v) is 17.5. The molecule has 2 atom stereocenters. The fraction of sp³-hybridized carbons (Fsp3) is 0.500. The predicted octanol–water partition coefficient (Wildman–Crippen LogP) is 8.94. The Morgan fingerprint density at radius 2 is 1.79 bits per heavy atom. The maximum absolute atomic E-state index is 12.9. The van der Waals surface area contributed by atoms with Gasteiger partial charge in [-0.2, -0.15) is 5.10 Å².